The van der Waals surface area contributed by atoms with E-state index in [9.17, 15) is 4.39 Å². The fraction of sp³-hybridized carbons (Fsp3) is 0.588. The number of halogens is 1. The van der Waals surface area contributed by atoms with Crippen LogP contribution in [0.5, 0.6) is 5.75 Å². The number of ether oxygens (including phenoxy) is 3. The smallest absolute Gasteiger partial charge is 0.191 e. The largest absolute Gasteiger partial charge is 0.467 e. The van der Waals surface area contributed by atoms with E-state index in [0.29, 0.717) is 24.8 Å². The lowest BCUT2D eigenvalue weighted by Crippen LogP contribution is -2.40. The molecule has 1 fully saturated rings. The topological polar surface area (TPSA) is 64.1 Å². The molecule has 1 aromatic rings. The van der Waals surface area contributed by atoms with Crippen LogP contribution in [0.1, 0.15) is 24.5 Å². The van der Waals surface area contributed by atoms with Gasteiger partial charge in [-0.1, -0.05) is 0 Å². The molecule has 3 rings (SSSR count). The molecule has 0 bridgehead atoms. The van der Waals surface area contributed by atoms with Gasteiger partial charge in [0.15, 0.2) is 12.8 Å². The van der Waals surface area contributed by atoms with E-state index in [1.54, 1.807) is 0 Å². The third-order valence-electron chi connectivity index (χ3n) is 4.09. The standard InChI is InChI=1S/C17H24FN3O3/c1-2-19-17(20-7-12-3-4-22-9-12)21-8-13-5-15(18)6-14-10-23-11-24-16(13)14/h5-6,12H,2-4,7-11H2,1H3,(H2,19,20,21). The molecular weight excluding hydrogens is 313 g/mol. The van der Waals surface area contributed by atoms with E-state index in [-0.39, 0.29) is 12.6 Å². The molecule has 2 heterocycles. The number of guanidine groups is 1. The normalized spacial score (nSPS) is 20.4. The molecule has 0 radical (unpaired) electrons. The van der Waals surface area contributed by atoms with Crippen LogP contribution >= 0.6 is 0 Å². The monoisotopic (exact) mass is 337 g/mol. The van der Waals surface area contributed by atoms with Gasteiger partial charge in [-0.05, 0) is 25.5 Å². The molecule has 132 valence electrons. The predicted octanol–water partition coefficient (Wildman–Crippen LogP) is 1.78. The number of benzene rings is 1. The molecule has 1 saturated heterocycles. The number of hydrogen-bond acceptors (Lipinski definition) is 4. The Balaban J connectivity index is 1.67. The molecule has 2 aliphatic rings. The molecule has 2 N–H and O–H groups in total. The lowest BCUT2D eigenvalue weighted by atomic mass is 10.1. The third-order valence-corrected chi connectivity index (χ3v) is 4.09. The van der Waals surface area contributed by atoms with Gasteiger partial charge in [0.05, 0.1) is 19.8 Å². The van der Waals surface area contributed by atoms with Crippen LogP contribution in [0.3, 0.4) is 0 Å². The van der Waals surface area contributed by atoms with Gasteiger partial charge in [0.2, 0.25) is 0 Å². The van der Waals surface area contributed by atoms with Crippen molar-refractivity contribution < 1.29 is 18.6 Å². The second kappa shape index (κ2) is 8.30. The first-order chi connectivity index (χ1) is 11.8. The van der Waals surface area contributed by atoms with Crippen molar-refractivity contribution in [3.8, 4) is 5.75 Å². The molecule has 0 spiro atoms. The Morgan fingerprint density at radius 2 is 2.25 bits per heavy atom. The summed E-state index contributed by atoms with van der Waals surface area (Å²) in [6.45, 7) is 6.11. The van der Waals surface area contributed by atoms with Crippen LogP contribution in [0.15, 0.2) is 17.1 Å². The zero-order valence-corrected chi connectivity index (χ0v) is 13.9. The summed E-state index contributed by atoms with van der Waals surface area (Å²) in [6, 6.07) is 2.92. The van der Waals surface area contributed by atoms with Crippen molar-refractivity contribution >= 4 is 5.96 Å². The van der Waals surface area contributed by atoms with Crippen LogP contribution in [0, 0.1) is 11.7 Å². The number of rotatable bonds is 5. The summed E-state index contributed by atoms with van der Waals surface area (Å²) >= 11 is 0. The van der Waals surface area contributed by atoms with E-state index in [0.717, 1.165) is 49.8 Å². The SMILES string of the molecule is CCNC(=NCc1cc(F)cc2c1OCOC2)NCC1CCOC1. The predicted molar refractivity (Wildman–Crippen MR) is 88.4 cm³/mol. The van der Waals surface area contributed by atoms with Crippen molar-refractivity contribution in [3.63, 3.8) is 0 Å². The molecule has 0 saturated carbocycles. The zero-order valence-electron chi connectivity index (χ0n) is 13.9. The molecule has 0 amide bonds. The lowest BCUT2D eigenvalue weighted by Gasteiger charge is -2.20. The zero-order chi connectivity index (χ0) is 16.8. The van der Waals surface area contributed by atoms with Gasteiger partial charge in [-0.3, -0.25) is 0 Å². The van der Waals surface area contributed by atoms with Crippen molar-refractivity contribution in [1.29, 1.82) is 0 Å². The molecule has 2 aliphatic heterocycles. The maximum absolute atomic E-state index is 13.8. The number of aliphatic imine (C=N–C) groups is 1. The molecule has 24 heavy (non-hydrogen) atoms. The fourth-order valence-corrected chi connectivity index (χ4v) is 2.87. The maximum atomic E-state index is 13.8. The highest BCUT2D eigenvalue weighted by Gasteiger charge is 2.18. The minimum Gasteiger partial charge on any atom is -0.467 e. The highest BCUT2D eigenvalue weighted by atomic mass is 19.1. The number of nitrogens with zero attached hydrogens (tertiary/aromatic N) is 1. The Morgan fingerprint density at radius 3 is 3.04 bits per heavy atom. The maximum Gasteiger partial charge on any atom is 0.191 e. The minimum atomic E-state index is -0.297. The summed E-state index contributed by atoms with van der Waals surface area (Å²) in [5.74, 6) is 1.62. The van der Waals surface area contributed by atoms with Gasteiger partial charge < -0.3 is 24.8 Å². The second-order valence-corrected chi connectivity index (χ2v) is 5.97. The average Bonchev–Trinajstić information content (AvgIpc) is 3.10. The Kier molecular flexibility index (Phi) is 5.87. The van der Waals surface area contributed by atoms with Crippen molar-refractivity contribution in [2.45, 2.75) is 26.5 Å². The van der Waals surface area contributed by atoms with E-state index < -0.39 is 0 Å². The van der Waals surface area contributed by atoms with Gasteiger partial charge in [-0.25, -0.2) is 9.38 Å². The average molecular weight is 337 g/mol. The van der Waals surface area contributed by atoms with Crippen molar-refractivity contribution in [3.05, 3.63) is 29.1 Å². The summed E-state index contributed by atoms with van der Waals surface area (Å²) in [6.07, 6.45) is 1.07. The summed E-state index contributed by atoms with van der Waals surface area (Å²) in [5, 5.41) is 6.54. The molecular formula is C17H24FN3O3. The van der Waals surface area contributed by atoms with E-state index in [1.807, 2.05) is 6.92 Å². The van der Waals surface area contributed by atoms with Crippen LogP contribution in [0.25, 0.3) is 0 Å². The van der Waals surface area contributed by atoms with Crippen molar-refractivity contribution in [2.24, 2.45) is 10.9 Å². The summed E-state index contributed by atoms with van der Waals surface area (Å²) in [7, 11) is 0. The van der Waals surface area contributed by atoms with Crippen LogP contribution in [-0.2, 0) is 22.6 Å². The summed E-state index contributed by atoms with van der Waals surface area (Å²) < 4.78 is 29.9. The van der Waals surface area contributed by atoms with Gasteiger partial charge >= 0.3 is 0 Å². The van der Waals surface area contributed by atoms with Crippen LogP contribution in [0.4, 0.5) is 4.39 Å². The Labute approximate surface area is 141 Å². The molecule has 6 nitrogen and oxygen atoms in total. The first-order valence-electron chi connectivity index (χ1n) is 8.38. The first-order valence-corrected chi connectivity index (χ1v) is 8.38. The molecule has 0 aliphatic carbocycles. The highest BCUT2D eigenvalue weighted by Crippen LogP contribution is 2.29. The van der Waals surface area contributed by atoms with Gasteiger partial charge in [0.25, 0.3) is 0 Å². The van der Waals surface area contributed by atoms with E-state index >= 15 is 0 Å². The van der Waals surface area contributed by atoms with Gasteiger partial charge in [0, 0.05) is 36.7 Å². The molecule has 1 aromatic carbocycles. The van der Waals surface area contributed by atoms with E-state index in [4.69, 9.17) is 14.2 Å². The Morgan fingerprint density at radius 1 is 1.33 bits per heavy atom. The van der Waals surface area contributed by atoms with Gasteiger partial charge in [-0.15, -0.1) is 0 Å². The van der Waals surface area contributed by atoms with Crippen LogP contribution in [-0.4, -0.2) is 39.1 Å². The van der Waals surface area contributed by atoms with Gasteiger partial charge in [0.1, 0.15) is 11.6 Å². The highest BCUT2D eigenvalue weighted by molar-refractivity contribution is 5.79. The summed E-state index contributed by atoms with van der Waals surface area (Å²) in [4.78, 5) is 4.56. The fourth-order valence-electron chi connectivity index (χ4n) is 2.87. The van der Waals surface area contributed by atoms with Crippen LogP contribution < -0.4 is 15.4 Å². The number of hydrogen-bond donors (Lipinski definition) is 2. The van der Waals surface area contributed by atoms with Crippen molar-refractivity contribution in [1.82, 2.24) is 10.6 Å². The van der Waals surface area contributed by atoms with Crippen molar-refractivity contribution in [2.75, 3.05) is 33.1 Å². The first kappa shape index (κ1) is 17.0. The van der Waals surface area contributed by atoms with E-state index in [2.05, 4.69) is 15.6 Å². The van der Waals surface area contributed by atoms with E-state index in [1.165, 1.54) is 12.1 Å². The molecule has 1 unspecified atom stereocenters. The summed E-state index contributed by atoms with van der Waals surface area (Å²) in [5.41, 5.74) is 1.46. The minimum absolute atomic E-state index is 0.190. The van der Waals surface area contributed by atoms with Gasteiger partial charge in [-0.2, -0.15) is 0 Å². The molecule has 0 aromatic heterocycles. The Bertz CT molecular complexity index is 589. The molecule has 7 heteroatoms. The second-order valence-electron chi connectivity index (χ2n) is 5.97. The number of fused-ring (bicyclic) bond motifs is 1. The van der Waals surface area contributed by atoms with Crippen LogP contribution in [0.2, 0.25) is 0 Å². The number of nitrogens with one attached hydrogen (secondary N) is 2. The Hall–Kier alpha value is -1.86. The quantitative estimate of drug-likeness (QED) is 0.633. The third kappa shape index (κ3) is 4.36. The molecule has 1 atom stereocenters. The lowest BCUT2D eigenvalue weighted by molar-refractivity contribution is -0.0172.